The van der Waals surface area contributed by atoms with E-state index in [2.05, 4.69) is 10.2 Å². The van der Waals surface area contributed by atoms with Gasteiger partial charge in [0.05, 0.1) is 22.8 Å². The highest BCUT2D eigenvalue weighted by Gasteiger charge is 2.23. The number of nitrogens with zero attached hydrogens (tertiary/aromatic N) is 4. The minimum absolute atomic E-state index is 0.0862. The third-order valence-corrected chi connectivity index (χ3v) is 7.99. The predicted molar refractivity (Wildman–Crippen MR) is 169 cm³/mol. The average molecular weight is 620 g/mol. The Bertz CT molecular complexity index is 2060. The van der Waals surface area contributed by atoms with Crippen LogP contribution in [-0.2, 0) is 6.54 Å². The van der Waals surface area contributed by atoms with Gasteiger partial charge in [-0.3, -0.25) is 14.5 Å². The number of halogens is 2. The van der Waals surface area contributed by atoms with E-state index in [4.69, 9.17) is 5.26 Å². The third-order valence-electron chi connectivity index (χ3n) is 7.99. The standard InChI is InChI=1S/C35H27F2N5O4/c36-25-8-10-27(11-9-25)42-21-29(35(45)46)33(43)28-17-30(37)32(18-31(28)42)41-14-12-40(13-15-41)20-22-4-6-24(7-5-22)34(44)39-26-3-1-2-23(16-26)19-38/h1-11,16-18,21H,12-15,20H2,(H,39,44)(H,45,46). The van der Waals surface area contributed by atoms with E-state index in [9.17, 15) is 23.9 Å². The van der Waals surface area contributed by atoms with Gasteiger partial charge in [0.25, 0.3) is 5.91 Å². The van der Waals surface area contributed by atoms with Gasteiger partial charge in [-0.2, -0.15) is 5.26 Å². The second kappa shape index (κ2) is 12.6. The molecule has 11 heteroatoms. The lowest BCUT2D eigenvalue weighted by Gasteiger charge is -2.36. The molecular weight excluding hydrogens is 592 g/mol. The molecule has 46 heavy (non-hydrogen) atoms. The minimum atomic E-state index is -1.44. The highest BCUT2D eigenvalue weighted by Crippen LogP contribution is 2.28. The number of nitriles is 1. The maximum absolute atomic E-state index is 15.5. The lowest BCUT2D eigenvalue weighted by molar-refractivity contribution is 0.0694. The lowest BCUT2D eigenvalue weighted by Crippen LogP contribution is -2.46. The van der Waals surface area contributed by atoms with E-state index in [1.165, 1.54) is 41.1 Å². The first-order valence-corrected chi connectivity index (χ1v) is 14.5. The molecule has 9 nitrogen and oxygen atoms in total. The first kappa shape index (κ1) is 30.2. The number of carboxylic acids is 1. The maximum Gasteiger partial charge on any atom is 0.341 e. The summed E-state index contributed by atoms with van der Waals surface area (Å²) >= 11 is 0. The van der Waals surface area contributed by atoms with Gasteiger partial charge in [0, 0.05) is 61.2 Å². The van der Waals surface area contributed by atoms with Crippen LogP contribution < -0.4 is 15.6 Å². The zero-order valence-electron chi connectivity index (χ0n) is 24.4. The number of hydrogen-bond donors (Lipinski definition) is 2. The van der Waals surface area contributed by atoms with Crippen molar-refractivity contribution in [2.24, 2.45) is 0 Å². The number of piperazine rings is 1. The fourth-order valence-electron chi connectivity index (χ4n) is 5.58. The van der Waals surface area contributed by atoms with Crippen molar-refractivity contribution in [3.8, 4) is 11.8 Å². The number of fused-ring (bicyclic) bond motifs is 1. The van der Waals surface area contributed by atoms with Crippen LogP contribution >= 0.6 is 0 Å². The Hall–Kier alpha value is -5.86. The molecule has 6 rings (SSSR count). The van der Waals surface area contributed by atoms with Crippen molar-refractivity contribution < 1.29 is 23.5 Å². The Kier molecular flexibility index (Phi) is 8.29. The molecule has 0 bridgehead atoms. The van der Waals surface area contributed by atoms with Gasteiger partial charge < -0.3 is 19.9 Å². The van der Waals surface area contributed by atoms with Crippen LogP contribution in [0.5, 0.6) is 0 Å². The molecule has 0 aliphatic carbocycles. The highest BCUT2D eigenvalue weighted by atomic mass is 19.1. The first-order valence-electron chi connectivity index (χ1n) is 14.5. The number of rotatable bonds is 7. The minimum Gasteiger partial charge on any atom is -0.477 e. The Morgan fingerprint density at radius 2 is 1.63 bits per heavy atom. The summed E-state index contributed by atoms with van der Waals surface area (Å²) in [5.74, 6) is -2.84. The van der Waals surface area contributed by atoms with Crippen LogP contribution in [0.4, 0.5) is 20.2 Å². The summed E-state index contributed by atoms with van der Waals surface area (Å²) in [5, 5.41) is 21.4. The van der Waals surface area contributed by atoms with E-state index < -0.39 is 28.6 Å². The van der Waals surface area contributed by atoms with Crippen molar-refractivity contribution in [3.05, 3.63) is 135 Å². The molecule has 1 aliphatic heterocycles. The highest BCUT2D eigenvalue weighted by molar-refractivity contribution is 6.04. The van der Waals surface area contributed by atoms with Crippen LogP contribution in [0.15, 0.2) is 95.9 Å². The van der Waals surface area contributed by atoms with Gasteiger partial charge in [0.2, 0.25) is 5.43 Å². The number of carbonyl (C=O) groups excluding carboxylic acids is 1. The maximum atomic E-state index is 15.5. The zero-order chi connectivity index (χ0) is 32.4. The Balaban J connectivity index is 1.16. The molecule has 1 aliphatic rings. The number of benzene rings is 4. The Morgan fingerprint density at radius 3 is 2.30 bits per heavy atom. The summed E-state index contributed by atoms with van der Waals surface area (Å²) in [5.41, 5.74) is 2.18. The quantitative estimate of drug-likeness (QED) is 0.250. The monoisotopic (exact) mass is 619 g/mol. The van der Waals surface area contributed by atoms with E-state index in [0.717, 1.165) is 11.6 Å². The number of amides is 1. The molecule has 0 spiro atoms. The molecule has 1 aromatic heterocycles. The topological polar surface area (TPSA) is 119 Å². The van der Waals surface area contributed by atoms with Crippen LogP contribution in [0.3, 0.4) is 0 Å². The van der Waals surface area contributed by atoms with Gasteiger partial charge in [-0.1, -0.05) is 18.2 Å². The van der Waals surface area contributed by atoms with E-state index in [0.29, 0.717) is 60.7 Å². The van der Waals surface area contributed by atoms with E-state index in [1.54, 1.807) is 36.4 Å². The molecule has 2 heterocycles. The van der Waals surface area contributed by atoms with Crippen LogP contribution in [0.25, 0.3) is 16.6 Å². The summed E-state index contributed by atoms with van der Waals surface area (Å²) in [6.07, 6.45) is 1.18. The number of aromatic nitrogens is 1. The van der Waals surface area contributed by atoms with Crippen LogP contribution in [-0.4, -0.2) is 52.6 Å². The molecule has 0 saturated carbocycles. The third kappa shape index (κ3) is 6.20. The van der Waals surface area contributed by atoms with E-state index >= 15 is 4.39 Å². The summed E-state index contributed by atoms with van der Waals surface area (Å²) in [7, 11) is 0. The number of nitrogens with one attached hydrogen (secondary N) is 1. The predicted octanol–water partition coefficient (Wildman–Crippen LogP) is 5.41. The summed E-state index contributed by atoms with van der Waals surface area (Å²) in [4.78, 5) is 41.5. The van der Waals surface area contributed by atoms with Gasteiger partial charge >= 0.3 is 5.97 Å². The summed E-state index contributed by atoms with van der Waals surface area (Å²) in [6, 6.07) is 24.0. The molecule has 1 amide bonds. The van der Waals surface area contributed by atoms with Gasteiger partial charge in [0.15, 0.2) is 0 Å². The Morgan fingerprint density at radius 1 is 0.913 bits per heavy atom. The number of carbonyl (C=O) groups is 2. The Labute approximate surface area is 262 Å². The zero-order valence-corrected chi connectivity index (χ0v) is 24.4. The molecule has 1 fully saturated rings. The molecule has 230 valence electrons. The fourth-order valence-corrected chi connectivity index (χ4v) is 5.58. The van der Waals surface area contributed by atoms with E-state index in [-0.39, 0.29) is 17.0 Å². The lowest BCUT2D eigenvalue weighted by atomic mass is 10.1. The number of pyridine rings is 1. The smallest absolute Gasteiger partial charge is 0.341 e. The fraction of sp³-hybridized carbons (Fsp3) is 0.143. The second-order valence-electron chi connectivity index (χ2n) is 11.0. The van der Waals surface area contributed by atoms with Crippen LogP contribution in [0, 0.1) is 23.0 Å². The summed E-state index contributed by atoms with van der Waals surface area (Å²) < 4.78 is 30.6. The number of hydrogen-bond acceptors (Lipinski definition) is 6. The van der Waals surface area contributed by atoms with Crippen molar-refractivity contribution in [2.75, 3.05) is 36.4 Å². The first-order chi connectivity index (χ1) is 22.2. The van der Waals surface area contributed by atoms with Crippen molar-refractivity contribution >= 4 is 34.2 Å². The number of anilines is 2. The van der Waals surface area contributed by atoms with Crippen molar-refractivity contribution in [3.63, 3.8) is 0 Å². The second-order valence-corrected chi connectivity index (χ2v) is 11.0. The van der Waals surface area contributed by atoms with Gasteiger partial charge in [-0.25, -0.2) is 13.6 Å². The SMILES string of the molecule is N#Cc1cccc(NC(=O)c2ccc(CN3CCN(c4cc5c(cc4F)c(=O)c(C(=O)O)cn5-c4ccc(F)cc4)CC3)cc2)c1. The van der Waals surface area contributed by atoms with Gasteiger partial charge in [-0.05, 0) is 72.3 Å². The molecule has 1 saturated heterocycles. The normalized spacial score (nSPS) is 13.4. The van der Waals surface area contributed by atoms with E-state index in [1.807, 2.05) is 23.1 Å². The van der Waals surface area contributed by atoms with Gasteiger partial charge in [-0.15, -0.1) is 0 Å². The number of carboxylic acid groups (broad SMARTS) is 1. The molecule has 4 aromatic carbocycles. The van der Waals surface area contributed by atoms with Crippen LogP contribution in [0.1, 0.15) is 31.8 Å². The average Bonchev–Trinajstić information content (AvgIpc) is 3.06. The van der Waals surface area contributed by atoms with Gasteiger partial charge in [0.1, 0.15) is 17.2 Å². The summed E-state index contributed by atoms with van der Waals surface area (Å²) in [6.45, 7) is 2.87. The molecule has 0 atom stereocenters. The molecular formula is C35H27F2N5O4. The van der Waals surface area contributed by atoms with Crippen molar-refractivity contribution in [1.29, 1.82) is 5.26 Å². The largest absolute Gasteiger partial charge is 0.477 e. The van der Waals surface area contributed by atoms with Crippen LogP contribution in [0.2, 0.25) is 0 Å². The molecule has 0 radical (unpaired) electrons. The molecule has 5 aromatic rings. The van der Waals surface area contributed by atoms with Crippen molar-refractivity contribution in [2.45, 2.75) is 6.54 Å². The van der Waals surface area contributed by atoms with Crippen molar-refractivity contribution in [1.82, 2.24) is 9.47 Å². The molecule has 0 unspecified atom stereocenters. The number of aromatic carboxylic acids is 1. The molecule has 2 N–H and O–H groups in total.